The number of aromatic amines is 1. The van der Waals surface area contributed by atoms with E-state index in [2.05, 4.69) is 10.1 Å². The monoisotopic (exact) mass is 336 g/mol. The van der Waals surface area contributed by atoms with Gasteiger partial charge in [-0.05, 0) is 17.9 Å². The third kappa shape index (κ3) is 2.51. The van der Waals surface area contributed by atoms with Crippen molar-refractivity contribution in [2.24, 2.45) is 5.16 Å². The summed E-state index contributed by atoms with van der Waals surface area (Å²) in [6, 6.07) is 17.8. The Morgan fingerprint density at radius 1 is 1.12 bits per heavy atom. The second-order valence-corrected chi connectivity index (χ2v) is 6.47. The molecule has 0 radical (unpaired) electrons. The molecule has 0 saturated carbocycles. The molecule has 0 aliphatic carbocycles. The predicted octanol–water partition coefficient (Wildman–Crippen LogP) is 4.12. The average molecular weight is 336 g/mol. The summed E-state index contributed by atoms with van der Waals surface area (Å²) in [5.41, 5.74) is 3.13. The summed E-state index contributed by atoms with van der Waals surface area (Å²) in [6.45, 7) is 0. The first-order valence-corrected chi connectivity index (χ1v) is 8.97. The van der Waals surface area contributed by atoms with Gasteiger partial charge in [-0.3, -0.25) is 4.79 Å². The molecule has 0 spiro atoms. The Bertz CT molecular complexity index is 980. The van der Waals surface area contributed by atoms with Crippen LogP contribution in [0.1, 0.15) is 23.7 Å². The second-order valence-electron chi connectivity index (χ2n) is 5.65. The third-order valence-corrected chi connectivity index (χ3v) is 5.04. The number of benzene rings is 2. The second kappa shape index (κ2) is 6.17. The summed E-state index contributed by atoms with van der Waals surface area (Å²) < 4.78 is 0. The third-order valence-electron chi connectivity index (χ3n) is 4.21. The quantitative estimate of drug-likeness (QED) is 0.732. The molecule has 0 bridgehead atoms. The lowest BCUT2D eigenvalue weighted by Gasteiger charge is -2.10. The molecular weight excluding hydrogens is 320 g/mol. The van der Waals surface area contributed by atoms with Crippen molar-refractivity contribution in [1.82, 2.24) is 4.98 Å². The van der Waals surface area contributed by atoms with E-state index >= 15 is 0 Å². The van der Waals surface area contributed by atoms with Crippen LogP contribution < -0.4 is 5.56 Å². The molecule has 5 heteroatoms. The standard InChI is InChI=1S/C19H16N2O2S/c1-24-18-13-9-5-6-10-14(13)20-19(22)17(18)15-11-16(23-21-15)12-7-3-2-4-8-12/h2-10,16H,11H2,1H3,(H,20,22). The van der Waals surface area contributed by atoms with Crippen molar-refractivity contribution < 1.29 is 4.84 Å². The van der Waals surface area contributed by atoms with Crippen molar-refractivity contribution in [3.63, 3.8) is 0 Å². The number of aromatic nitrogens is 1. The number of thioether (sulfide) groups is 1. The molecule has 0 saturated heterocycles. The molecule has 1 unspecified atom stereocenters. The zero-order valence-corrected chi connectivity index (χ0v) is 14.0. The normalized spacial score (nSPS) is 16.9. The molecule has 3 aromatic rings. The van der Waals surface area contributed by atoms with E-state index in [0.717, 1.165) is 21.4 Å². The van der Waals surface area contributed by atoms with Crippen molar-refractivity contribution in [2.45, 2.75) is 17.4 Å². The van der Waals surface area contributed by atoms with Crippen LogP contribution in [0.4, 0.5) is 0 Å². The Labute approximate surface area is 143 Å². The molecule has 4 nitrogen and oxygen atoms in total. The van der Waals surface area contributed by atoms with Crippen molar-refractivity contribution in [1.29, 1.82) is 0 Å². The van der Waals surface area contributed by atoms with Gasteiger partial charge >= 0.3 is 0 Å². The van der Waals surface area contributed by atoms with Crippen LogP contribution in [0.15, 0.2) is 69.4 Å². The van der Waals surface area contributed by atoms with Crippen LogP contribution >= 0.6 is 11.8 Å². The first-order valence-electron chi connectivity index (χ1n) is 7.75. The van der Waals surface area contributed by atoms with E-state index in [1.54, 1.807) is 11.8 Å². The largest absolute Gasteiger partial charge is 0.387 e. The number of para-hydroxylation sites is 1. The van der Waals surface area contributed by atoms with Crippen molar-refractivity contribution in [2.75, 3.05) is 6.26 Å². The molecule has 1 aliphatic heterocycles. The molecule has 2 aromatic carbocycles. The van der Waals surface area contributed by atoms with Gasteiger partial charge in [0, 0.05) is 22.2 Å². The molecule has 120 valence electrons. The first kappa shape index (κ1) is 15.0. The Kier molecular flexibility index (Phi) is 3.86. The summed E-state index contributed by atoms with van der Waals surface area (Å²) in [6.07, 6.45) is 2.44. The van der Waals surface area contributed by atoms with Gasteiger partial charge in [0.25, 0.3) is 5.56 Å². The number of H-pyrrole nitrogens is 1. The summed E-state index contributed by atoms with van der Waals surface area (Å²) in [5.74, 6) is 0. The molecule has 24 heavy (non-hydrogen) atoms. The molecule has 1 aliphatic rings. The van der Waals surface area contributed by atoms with Gasteiger partial charge in [0.05, 0.1) is 11.3 Å². The summed E-state index contributed by atoms with van der Waals surface area (Å²) in [5, 5.41) is 5.26. The lowest BCUT2D eigenvalue weighted by molar-refractivity contribution is 0.0857. The number of hydrogen-bond acceptors (Lipinski definition) is 4. The number of hydrogen-bond donors (Lipinski definition) is 1. The number of nitrogens with one attached hydrogen (secondary N) is 1. The minimum Gasteiger partial charge on any atom is -0.387 e. The number of fused-ring (bicyclic) bond motifs is 1. The SMILES string of the molecule is CSc1c(C2=NOC(c3ccccc3)C2)c(=O)[nH]c2ccccc12. The van der Waals surface area contributed by atoms with Gasteiger partial charge in [-0.2, -0.15) is 0 Å². The Balaban J connectivity index is 1.78. The molecular formula is C19H16N2O2S. The van der Waals surface area contributed by atoms with Crippen LogP contribution in [0.3, 0.4) is 0 Å². The lowest BCUT2D eigenvalue weighted by Crippen LogP contribution is -2.19. The number of pyridine rings is 1. The fourth-order valence-electron chi connectivity index (χ4n) is 3.06. The maximum absolute atomic E-state index is 12.6. The topological polar surface area (TPSA) is 54.4 Å². The highest BCUT2D eigenvalue weighted by Gasteiger charge is 2.27. The Morgan fingerprint density at radius 2 is 1.88 bits per heavy atom. The van der Waals surface area contributed by atoms with Gasteiger partial charge in [-0.15, -0.1) is 11.8 Å². The van der Waals surface area contributed by atoms with E-state index < -0.39 is 0 Å². The average Bonchev–Trinajstić information content (AvgIpc) is 3.11. The smallest absolute Gasteiger partial charge is 0.258 e. The highest BCUT2D eigenvalue weighted by Crippen LogP contribution is 2.33. The zero-order chi connectivity index (χ0) is 16.5. The highest BCUT2D eigenvalue weighted by atomic mass is 32.2. The maximum atomic E-state index is 12.6. The van der Waals surface area contributed by atoms with Crippen molar-refractivity contribution in [3.05, 3.63) is 76.1 Å². The van der Waals surface area contributed by atoms with E-state index in [1.807, 2.05) is 60.9 Å². The molecule has 1 aromatic heterocycles. The van der Waals surface area contributed by atoms with Gasteiger partial charge in [0.2, 0.25) is 0 Å². The number of nitrogens with zero attached hydrogens (tertiary/aromatic N) is 1. The minimum absolute atomic E-state index is 0.117. The van der Waals surface area contributed by atoms with Crippen molar-refractivity contribution in [3.8, 4) is 0 Å². The summed E-state index contributed by atoms with van der Waals surface area (Å²) in [4.78, 5) is 22.1. The molecule has 1 atom stereocenters. The van der Waals surface area contributed by atoms with E-state index in [9.17, 15) is 4.79 Å². The van der Waals surface area contributed by atoms with Gasteiger partial charge in [0.15, 0.2) is 6.10 Å². The van der Waals surface area contributed by atoms with Gasteiger partial charge in [-0.1, -0.05) is 53.7 Å². The fourth-order valence-corrected chi connectivity index (χ4v) is 3.87. The van der Waals surface area contributed by atoms with Crippen LogP contribution in [0.2, 0.25) is 0 Å². The van der Waals surface area contributed by atoms with Crippen LogP contribution in [0.5, 0.6) is 0 Å². The van der Waals surface area contributed by atoms with Crippen LogP contribution in [0, 0.1) is 0 Å². The molecule has 0 fully saturated rings. The van der Waals surface area contributed by atoms with E-state index in [0.29, 0.717) is 17.7 Å². The zero-order valence-electron chi connectivity index (χ0n) is 13.2. The molecule has 1 N–H and O–H groups in total. The highest BCUT2D eigenvalue weighted by molar-refractivity contribution is 7.99. The van der Waals surface area contributed by atoms with Crippen molar-refractivity contribution >= 4 is 28.4 Å². The first-order chi connectivity index (χ1) is 11.8. The summed E-state index contributed by atoms with van der Waals surface area (Å²) >= 11 is 1.57. The van der Waals surface area contributed by atoms with E-state index in [1.165, 1.54) is 0 Å². The number of rotatable bonds is 3. The van der Waals surface area contributed by atoms with Crippen LogP contribution in [-0.2, 0) is 4.84 Å². The van der Waals surface area contributed by atoms with Crippen LogP contribution in [0.25, 0.3) is 10.9 Å². The van der Waals surface area contributed by atoms with Crippen LogP contribution in [-0.4, -0.2) is 17.0 Å². The van der Waals surface area contributed by atoms with E-state index in [-0.39, 0.29) is 11.7 Å². The molecule has 4 rings (SSSR count). The Morgan fingerprint density at radius 3 is 2.67 bits per heavy atom. The minimum atomic E-state index is -0.137. The predicted molar refractivity (Wildman–Crippen MR) is 97.8 cm³/mol. The van der Waals surface area contributed by atoms with Gasteiger partial charge < -0.3 is 9.82 Å². The summed E-state index contributed by atoms with van der Waals surface area (Å²) in [7, 11) is 0. The van der Waals surface area contributed by atoms with Gasteiger partial charge in [0.1, 0.15) is 0 Å². The molecule has 0 amide bonds. The van der Waals surface area contributed by atoms with E-state index in [4.69, 9.17) is 4.84 Å². The fraction of sp³-hybridized carbons (Fsp3) is 0.158. The maximum Gasteiger partial charge on any atom is 0.258 e. The number of oxime groups is 1. The van der Waals surface area contributed by atoms with Gasteiger partial charge in [-0.25, -0.2) is 0 Å². The lowest BCUT2D eigenvalue weighted by atomic mass is 10.00. The Hall–Kier alpha value is -2.53. The molecule has 2 heterocycles.